The van der Waals surface area contributed by atoms with Crippen molar-refractivity contribution in [3.05, 3.63) is 84.1 Å². The number of alkyl carbamates (subject to hydrolysis) is 1. The SMILES string of the molecule is Cc1cc(NC(=O)C(Cc2ccccc2)NC(=O)OC(C)(C)C)n(-c2ccc3ccccc3n2)n1. The van der Waals surface area contributed by atoms with Gasteiger partial charge in [-0.3, -0.25) is 4.79 Å². The molecule has 2 N–H and O–H groups in total. The van der Waals surface area contributed by atoms with Crippen LogP contribution in [0.25, 0.3) is 16.7 Å². The predicted molar refractivity (Wildman–Crippen MR) is 136 cm³/mol. The van der Waals surface area contributed by atoms with Crippen LogP contribution in [0.3, 0.4) is 0 Å². The number of aromatic nitrogens is 3. The molecule has 0 fully saturated rings. The molecule has 2 heterocycles. The highest BCUT2D eigenvalue weighted by atomic mass is 16.6. The summed E-state index contributed by atoms with van der Waals surface area (Å²) in [7, 11) is 0. The number of pyridine rings is 1. The number of carbonyl (C=O) groups excluding carboxylic acids is 2. The molecule has 0 radical (unpaired) electrons. The van der Waals surface area contributed by atoms with Crippen molar-refractivity contribution in [3.63, 3.8) is 0 Å². The molecule has 4 rings (SSSR count). The molecule has 0 aliphatic rings. The molecule has 8 nitrogen and oxygen atoms in total. The van der Waals surface area contributed by atoms with E-state index in [2.05, 4.69) is 20.7 Å². The molecule has 8 heteroatoms. The lowest BCUT2D eigenvalue weighted by Crippen LogP contribution is -2.47. The summed E-state index contributed by atoms with van der Waals surface area (Å²) in [5.74, 6) is 0.646. The molecular weight excluding hydrogens is 442 g/mol. The van der Waals surface area contributed by atoms with Crippen LogP contribution in [0.1, 0.15) is 32.0 Å². The van der Waals surface area contributed by atoms with Crippen LogP contribution in [0.2, 0.25) is 0 Å². The van der Waals surface area contributed by atoms with Gasteiger partial charge < -0.3 is 15.4 Å². The first-order valence-corrected chi connectivity index (χ1v) is 11.4. The minimum Gasteiger partial charge on any atom is -0.444 e. The number of carbonyl (C=O) groups is 2. The Bertz CT molecular complexity index is 1340. The summed E-state index contributed by atoms with van der Waals surface area (Å²) in [5.41, 5.74) is 1.76. The fraction of sp³-hybridized carbons (Fsp3) is 0.259. The average Bonchev–Trinajstić information content (AvgIpc) is 3.17. The van der Waals surface area contributed by atoms with Crippen LogP contribution in [0, 0.1) is 6.92 Å². The molecule has 1 unspecified atom stereocenters. The molecule has 0 saturated heterocycles. The van der Waals surface area contributed by atoms with Crippen molar-refractivity contribution >= 4 is 28.7 Å². The van der Waals surface area contributed by atoms with Gasteiger partial charge in [0.25, 0.3) is 0 Å². The fourth-order valence-corrected chi connectivity index (χ4v) is 3.66. The Hall–Kier alpha value is -4.20. The zero-order valence-corrected chi connectivity index (χ0v) is 20.3. The molecule has 0 bridgehead atoms. The van der Waals surface area contributed by atoms with E-state index in [-0.39, 0.29) is 5.91 Å². The van der Waals surface area contributed by atoms with E-state index < -0.39 is 17.7 Å². The molecule has 2 aromatic heterocycles. The summed E-state index contributed by atoms with van der Waals surface area (Å²) in [6.07, 6.45) is -0.359. The van der Waals surface area contributed by atoms with Crippen molar-refractivity contribution in [2.24, 2.45) is 0 Å². The summed E-state index contributed by atoms with van der Waals surface area (Å²) >= 11 is 0. The van der Waals surface area contributed by atoms with Gasteiger partial charge in [0.05, 0.1) is 11.2 Å². The van der Waals surface area contributed by atoms with Gasteiger partial charge in [0.2, 0.25) is 5.91 Å². The molecule has 4 aromatic rings. The van der Waals surface area contributed by atoms with Crippen LogP contribution in [-0.4, -0.2) is 38.4 Å². The monoisotopic (exact) mass is 471 g/mol. The maximum atomic E-state index is 13.4. The van der Waals surface area contributed by atoms with Crippen LogP contribution >= 0.6 is 0 Å². The molecule has 2 aromatic carbocycles. The van der Waals surface area contributed by atoms with Gasteiger partial charge in [0.15, 0.2) is 5.82 Å². The number of rotatable bonds is 6. The second-order valence-corrected chi connectivity index (χ2v) is 9.32. The summed E-state index contributed by atoms with van der Waals surface area (Å²) in [6, 6.07) is 22.0. The highest BCUT2D eigenvalue weighted by Gasteiger charge is 2.26. The lowest BCUT2D eigenvalue weighted by molar-refractivity contribution is -0.118. The fourth-order valence-electron chi connectivity index (χ4n) is 3.66. The predicted octanol–water partition coefficient (Wildman–Crippen LogP) is 4.80. The van der Waals surface area contributed by atoms with Gasteiger partial charge >= 0.3 is 6.09 Å². The van der Waals surface area contributed by atoms with E-state index in [0.29, 0.717) is 18.1 Å². The van der Waals surface area contributed by atoms with E-state index in [9.17, 15) is 9.59 Å². The van der Waals surface area contributed by atoms with Crippen LogP contribution in [-0.2, 0) is 16.0 Å². The van der Waals surface area contributed by atoms with Crippen molar-refractivity contribution in [2.45, 2.75) is 45.8 Å². The first kappa shape index (κ1) is 23.9. The van der Waals surface area contributed by atoms with Gasteiger partial charge in [0, 0.05) is 17.9 Å². The smallest absolute Gasteiger partial charge is 0.408 e. The van der Waals surface area contributed by atoms with Crippen LogP contribution in [0.4, 0.5) is 10.6 Å². The third-order valence-corrected chi connectivity index (χ3v) is 5.17. The number of nitrogens with zero attached hydrogens (tertiary/aromatic N) is 3. The number of aryl methyl sites for hydroxylation is 1. The molecule has 35 heavy (non-hydrogen) atoms. The third kappa shape index (κ3) is 6.23. The van der Waals surface area contributed by atoms with Crippen LogP contribution < -0.4 is 10.6 Å². The average molecular weight is 472 g/mol. The highest BCUT2D eigenvalue weighted by Crippen LogP contribution is 2.20. The number of fused-ring (bicyclic) bond motifs is 1. The summed E-state index contributed by atoms with van der Waals surface area (Å²) in [6.45, 7) is 7.16. The van der Waals surface area contributed by atoms with E-state index in [0.717, 1.165) is 22.2 Å². The Morgan fingerprint density at radius 3 is 2.46 bits per heavy atom. The molecule has 0 aliphatic heterocycles. The number of benzene rings is 2. The number of nitrogens with one attached hydrogen (secondary N) is 2. The first-order chi connectivity index (χ1) is 16.7. The van der Waals surface area contributed by atoms with Gasteiger partial charge in [-0.25, -0.2) is 9.78 Å². The zero-order valence-electron chi connectivity index (χ0n) is 20.3. The number of hydrogen-bond acceptors (Lipinski definition) is 5. The summed E-state index contributed by atoms with van der Waals surface area (Å²) < 4.78 is 6.98. The molecule has 0 aliphatic carbocycles. The van der Waals surface area contributed by atoms with Crippen LogP contribution in [0.15, 0.2) is 72.8 Å². The Balaban J connectivity index is 1.60. The third-order valence-electron chi connectivity index (χ3n) is 5.17. The van der Waals surface area contributed by atoms with E-state index in [1.54, 1.807) is 31.5 Å². The molecule has 1 atom stereocenters. The molecular formula is C27H29N5O3. The first-order valence-electron chi connectivity index (χ1n) is 11.4. The van der Waals surface area contributed by atoms with Crippen molar-refractivity contribution in [1.82, 2.24) is 20.1 Å². The quantitative estimate of drug-likeness (QED) is 0.421. The van der Waals surface area contributed by atoms with Crippen molar-refractivity contribution in [2.75, 3.05) is 5.32 Å². The van der Waals surface area contributed by atoms with Gasteiger partial charge in [-0.05, 0) is 51.5 Å². The Morgan fingerprint density at radius 1 is 1.00 bits per heavy atom. The van der Waals surface area contributed by atoms with Crippen LogP contribution in [0.5, 0.6) is 0 Å². The van der Waals surface area contributed by atoms with E-state index in [4.69, 9.17) is 4.74 Å². The van der Waals surface area contributed by atoms with Gasteiger partial charge in [-0.1, -0.05) is 48.5 Å². The Labute approximate surface area is 204 Å². The summed E-state index contributed by atoms with van der Waals surface area (Å²) in [4.78, 5) is 30.6. The Kier molecular flexibility index (Phi) is 6.82. The van der Waals surface area contributed by atoms with Crippen molar-refractivity contribution < 1.29 is 14.3 Å². The van der Waals surface area contributed by atoms with Crippen molar-refractivity contribution in [3.8, 4) is 5.82 Å². The Morgan fingerprint density at radius 2 is 1.71 bits per heavy atom. The number of para-hydroxylation sites is 1. The lowest BCUT2D eigenvalue weighted by Gasteiger charge is -2.23. The number of hydrogen-bond donors (Lipinski definition) is 2. The molecule has 0 spiro atoms. The topological polar surface area (TPSA) is 98.1 Å². The minimum atomic E-state index is -0.861. The zero-order chi connectivity index (χ0) is 25.0. The number of amides is 2. The van der Waals surface area contributed by atoms with Gasteiger partial charge in [-0.15, -0.1) is 0 Å². The molecule has 180 valence electrons. The maximum Gasteiger partial charge on any atom is 0.408 e. The van der Waals surface area contributed by atoms with Crippen molar-refractivity contribution in [1.29, 1.82) is 0 Å². The minimum absolute atomic E-state index is 0.299. The van der Waals surface area contributed by atoms with Gasteiger partial charge in [-0.2, -0.15) is 9.78 Å². The van der Waals surface area contributed by atoms with E-state index in [1.807, 2.05) is 73.7 Å². The number of ether oxygens (including phenoxy) is 1. The highest BCUT2D eigenvalue weighted by molar-refractivity contribution is 5.96. The summed E-state index contributed by atoms with van der Waals surface area (Å²) in [5, 5.41) is 11.2. The number of anilines is 1. The second kappa shape index (κ2) is 9.97. The maximum absolute atomic E-state index is 13.4. The second-order valence-electron chi connectivity index (χ2n) is 9.32. The largest absolute Gasteiger partial charge is 0.444 e. The normalized spacial score (nSPS) is 12.2. The molecule has 0 saturated carbocycles. The van der Waals surface area contributed by atoms with Gasteiger partial charge in [0.1, 0.15) is 17.5 Å². The standard InChI is InChI=1S/C27H29N5O3/c1-18-16-24(32(31-18)23-15-14-20-12-8-9-13-21(20)28-23)30-25(33)22(17-19-10-6-5-7-11-19)29-26(34)35-27(2,3)4/h5-16,22H,17H2,1-4H3,(H,29,34)(H,30,33). The molecule has 2 amide bonds. The van der Waals surface area contributed by atoms with E-state index in [1.165, 1.54) is 0 Å². The lowest BCUT2D eigenvalue weighted by atomic mass is 10.1. The van der Waals surface area contributed by atoms with E-state index >= 15 is 0 Å².